The lowest BCUT2D eigenvalue weighted by atomic mass is 10.2. The molecule has 0 spiro atoms. The van der Waals surface area contributed by atoms with Gasteiger partial charge in [0.15, 0.2) is 11.5 Å². The molecule has 25 heavy (non-hydrogen) atoms. The zero-order valence-electron chi connectivity index (χ0n) is 13.0. The van der Waals surface area contributed by atoms with Gasteiger partial charge in [0.25, 0.3) is 5.56 Å². The van der Waals surface area contributed by atoms with Crippen molar-refractivity contribution in [2.24, 2.45) is 0 Å². The van der Waals surface area contributed by atoms with Crippen molar-refractivity contribution in [2.45, 2.75) is 13.5 Å². The fourth-order valence-corrected chi connectivity index (χ4v) is 3.65. The zero-order valence-corrected chi connectivity index (χ0v) is 13.8. The van der Waals surface area contributed by atoms with Crippen molar-refractivity contribution >= 4 is 22.1 Å². The van der Waals surface area contributed by atoms with E-state index >= 15 is 0 Å². The number of ether oxygens (including phenoxy) is 2. The summed E-state index contributed by atoms with van der Waals surface area (Å²) in [4.78, 5) is 36.7. The average molecular weight is 360 g/mol. The van der Waals surface area contributed by atoms with Gasteiger partial charge in [0, 0.05) is 11.8 Å². The Morgan fingerprint density at radius 3 is 2.80 bits per heavy atom. The molecule has 3 heterocycles. The number of nitrogens with zero attached hydrogens (tertiary/aromatic N) is 2. The van der Waals surface area contributed by atoms with Crippen molar-refractivity contribution in [3.63, 3.8) is 0 Å². The molecular formula is C16H12N2O6S. The van der Waals surface area contributed by atoms with Crippen LogP contribution in [0.2, 0.25) is 0 Å². The minimum atomic E-state index is -1.14. The minimum absolute atomic E-state index is 0.000398. The predicted molar refractivity (Wildman–Crippen MR) is 89.2 cm³/mol. The van der Waals surface area contributed by atoms with Crippen molar-refractivity contribution < 1.29 is 19.4 Å². The number of aryl methyl sites for hydroxylation is 1. The summed E-state index contributed by atoms with van der Waals surface area (Å²) in [6.45, 7) is 1.77. The highest BCUT2D eigenvalue weighted by atomic mass is 32.1. The van der Waals surface area contributed by atoms with Crippen molar-refractivity contribution in [3.8, 4) is 11.5 Å². The first kappa shape index (κ1) is 15.5. The monoisotopic (exact) mass is 360 g/mol. The van der Waals surface area contributed by atoms with Gasteiger partial charge in [0.2, 0.25) is 6.79 Å². The molecule has 0 aliphatic carbocycles. The first-order valence-electron chi connectivity index (χ1n) is 7.33. The molecule has 8 nitrogen and oxygen atoms in total. The molecule has 1 N–H and O–H groups in total. The van der Waals surface area contributed by atoms with Gasteiger partial charge < -0.3 is 14.6 Å². The highest BCUT2D eigenvalue weighted by Gasteiger charge is 2.18. The van der Waals surface area contributed by atoms with Gasteiger partial charge in [-0.2, -0.15) is 0 Å². The van der Waals surface area contributed by atoms with Crippen LogP contribution in [-0.2, 0) is 6.54 Å². The van der Waals surface area contributed by atoms with E-state index in [0.29, 0.717) is 27.5 Å². The molecule has 4 rings (SSSR count). The zero-order chi connectivity index (χ0) is 17.7. The SMILES string of the molecule is Cc1c(=O)n(Cc2ccc3c(c2)OCO3)c(=O)n2cc(C(=O)O)sc12. The molecule has 0 atom stereocenters. The number of rotatable bonds is 3. The molecule has 0 radical (unpaired) electrons. The third kappa shape index (κ3) is 2.40. The number of carboxylic acid groups (broad SMARTS) is 1. The smallest absolute Gasteiger partial charge is 0.347 e. The Morgan fingerprint density at radius 2 is 2.04 bits per heavy atom. The molecule has 1 aliphatic heterocycles. The van der Waals surface area contributed by atoms with E-state index < -0.39 is 17.2 Å². The molecule has 0 saturated carbocycles. The number of aromatic carboxylic acids is 1. The van der Waals surface area contributed by atoms with Crippen LogP contribution >= 0.6 is 11.3 Å². The molecular weight excluding hydrogens is 348 g/mol. The second kappa shape index (κ2) is 5.49. The molecule has 128 valence electrons. The van der Waals surface area contributed by atoms with Gasteiger partial charge in [-0.05, 0) is 24.6 Å². The average Bonchev–Trinajstić information content (AvgIpc) is 3.23. The molecule has 9 heteroatoms. The highest BCUT2D eigenvalue weighted by molar-refractivity contribution is 7.19. The predicted octanol–water partition coefficient (Wildman–Crippen LogP) is 1.31. The van der Waals surface area contributed by atoms with Crippen LogP contribution < -0.4 is 20.7 Å². The molecule has 0 unspecified atom stereocenters. The van der Waals surface area contributed by atoms with E-state index in [1.54, 1.807) is 25.1 Å². The Balaban J connectivity index is 1.86. The summed E-state index contributed by atoms with van der Waals surface area (Å²) < 4.78 is 12.8. The second-order valence-corrected chi connectivity index (χ2v) is 6.59. The summed E-state index contributed by atoms with van der Waals surface area (Å²) in [7, 11) is 0. The highest BCUT2D eigenvalue weighted by Crippen LogP contribution is 2.32. The number of thiazole rings is 1. The third-order valence-electron chi connectivity index (χ3n) is 3.98. The van der Waals surface area contributed by atoms with E-state index in [9.17, 15) is 14.4 Å². The van der Waals surface area contributed by atoms with Gasteiger partial charge in [0.05, 0.1) is 6.54 Å². The lowest BCUT2D eigenvalue weighted by Gasteiger charge is -2.08. The molecule has 0 amide bonds. The Labute approximate surface area is 144 Å². The van der Waals surface area contributed by atoms with Gasteiger partial charge in [0.1, 0.15) is 9.71 Å². The molecule has 0 fully saturated rings. The van der Waals surface area contributed by atoms with E-state index in [0.717, 1.165) is 15.9 Å². The van der Waals surface area contributed by atoms with Crippen molar-refractivity contribution in [1.82, 2.24) is 8.97 Å². The van der Waals surface area contributed by atoms with Crippen LogP contribution in [0, 0.1) is 6.92 Å². The number of aromatic nitrogens is 2. The maximum Gasteiger partial charge on any atom is 0.347 e. The number of hydrogen-bond donors (Lipinski definition) is 1. The maximum absolute atomic E-state index is 12.7. The molecule has 1 aliphatic rings. The second-order valence-electron chi connectivity index (χ2n) is 5.56. The Morgan fingerprint density at radius 1 is 1.28 bits per heavy atom. The number of carbonyl (C=O) groups is 1. The molecule has 3 aromatic rings. The Hall–Kier alpha value is -3.07. The fraction of sp³-hybridized carbons (Fsp3) is 0.188. The number of benzene rings is 1. The lowest BCUT2D eigenvalue weighted by Crippen LogP contribution is -2.38. The summed E-state index contributed by atoms with van der Waals surface area (Å²) in [5.74, 6) is 0.0396. The Bertz CT molecular complexity index is 1140. The third-order valence-corrected chi connectivity index (χ3v) is 5.18. The topological polar surface area (TPSA) is 99.2 Å². The number of hydrogen-bond acceptors (Lipinski definition) is 6. The summed E-state index contributed by atoms with van der Waals surface area (Å²) in [5, 5.41) is 9.12. The largest absolute Gasteiger partial charge is 0.477 e. The van der Waals surface area contributed by atoms with Crippen LogP contribution in [-0.4, -0.2) is 26.8 Å². The summed E-state index contributed by atoms with van der Waals surface area (Å²) >= 11 is 0.905. The first-order chi connectivity index (χ1) is 12.0. The number of carboxylic acids is 1. The normalized spacial score (nSPS) is 12.7. The van der Waals surface area contributed by atoms with E-state index in [1.807, 2.05) is 0 Å². The standard InChI is InChI=1S/C16H12N2O6S/c1-8-13(19)17(5-9-2-3-10-11(4-9)24-7-23-10)16(22)18-6-12(15(20)21)25-14(8)18/h2-4,6H,5,7H2,1H3,(H,20,21). The molecule has 1 aromatic carbocycles. The van der Waals surface area contributed by atoms with Crippen LogP contribution in [0.15, 0.2) is 34.0 Å². The van der Waals surface area contributed by atoms with Gasteiger partial charge in [-0.15, -0.1) is 11.3 Å². The lowest BCUT2D eigenvalue weighted by molar-refractivity contribution is 0.0701. The van der Waals surface area contributed by atoms with E-state index in [2.05, 4.69) is 0 Å². The molecule has 2 aromatic heterocycles. The van der Waals surface area contributed by atoms with Gasteiger partial charge >= 0.3 is 11.7 Å². The van der Waals surface area contributed by atoms with Crippen LogP contribution in [0.3, 0.4) is 0 Å². The number of fused-ring (bicyclic) bond motifs is 2. The minimum Gasteiger partial charge on any atom is -0.477 e. The quantitative estimate of drug-likeness (QED) is 0.756. The van der Waals surface area contributed by atoms with E-state index in [1.165, 1.54) is 10.6 Å². The van der Waals surface area contributed by atoms with Crippen molar-refractivity contribution in [2.75, 3.05) is 6.79 Å². The fourth-order valence-electron chi connectivity index (χ4n) is 2.73. The van der Waals surface area contributed by atoms with Crippen molar-refractivity contribution in [3.05, 3.63) is 61.2 Å². The first-order valence-corrected chi connectivity index (χ1v) is 8.15. The summed E-state index contributed by atoms with van der Waals surface area (Å²) in [5.41, 5.74) is 0.0165. The van der Waals surface area contributed by atoms with Gasteiger partial charge in [-0.3, -0.25) is 13.8 Å². The Kier molecular flexibility index (Phi) is 3.39. The molecule has 0 bridgehead atoms. The summed E-state index contributed by atoms with van der Waals surface area (Å²) in [6, 6.07) is 5.19. The van der Waals surface area contributed by atoms with Crippen LogP contribution in [0.25, 0.3) is 4.83 Å². The summed E-state index contributed by atoms with van der Waals surface area (Å²) in [6.07, 6.45) is 1.24. The van der Waals surface area contributed by atoms with E-state index in [-0.39, 0.29) is 18.2 Å². The van der Waals surface area contributed by atoms with Crippen LogP contribution in [0.4, 0.5) is 0 Å². The van der Waals surface area contributed by atoms with Gasteiger partial charge in [-0.25, -0.2) is 9.59 Å². The van der Waals surface area contributed by atoms with Crippen molar-refractivity contribution in [1.29, 1.82) is 0 Å². The van der Waals surface area contributed by atoms with Crippen LogP contribution in [0.1, 0.15) is 20.8 Å². The van der Waals surface area contributed by atoms with Gasteiger partial charge in [-0.1, -0.05) is 6.07 Å². The van der Waals surface area contributed by atoms with Crippen LogP contribution in [0.5, 0.6) is 11.5 Å². The molecule has 0 saturated heterocycles. The van der Waals surface area contributed by atoms with E-state index in [4.69, 9.17) is 14.6 Å². The maximum atomic E-state index is 12.7.